The van der Waals surface area contributed by atoms with Gasteiger partial charge in [-0.15, -0.1) is 0 Å². The van der Waals surface area contributed by atoms with Crippen molar-refractivity contribution < 1.29 is 23.8 Å². The summed E-state index contributed by atoms with van der Waals surface area (Å²) in [6.07, 6.45) is 6.85. The molecule has 6 rings (SSSR count). The number of allylic oxidation sites excluding steroid dienone is 1. The molecule has 7 heteroatoms. The maximum absolute atomic E-state index is 13.5. The molecule has 0 bridgehead atoms. The molecule has 1 amide bonds. The van der Waals surface area contributed by atoms with Gasteiger partial charge < -0.3 is 19.5 Å². The molecule has 0 spiro atoms. The molecule has 1 N–H and O–H groups in total. The molecule has 0 saturated heterocycles. The molecule has 1 fully saturated rings. The Morgan fingerprint density at radius 2 is 1.89 bits per heavy atom. The van der Waals surface area contributed by atoms with Crippen molar-refractivity contribution >= 4 is 34.4 Å². The minimum Gasteiger partial charge on any atom is -0.454 e. The van der Waals surface area contributed by atoms with Crippen LogP contribution in [0.5, 0.6) is 11.5 Å². The molecule has 1 unspecified atom stereocenters. The second-order valence-corrected chi connectivity index (χ2v) is 9.65. The number of esters is 1. The highest BCUT2D eigenvalue weighted by Gasteiger charge is 2.30. The molecule has 2 aromatic carbocycles. The van der Waals surface area contributed by atoms with Gasteiger partial charge in [0, 0.05) is 11.4 Å². The van der Waals surface area contributed by atoms with Crippen molar-refractivity contribution in [3.8, 4) is 11.5 Å². The SMILES string of the molecule is CC(OC(=O)c1c2c(nc3ccccc13)C(=Cc1ccc3c(c1)OCO3)CC2)C(=O)NC1CCCC1. The number of nitrogens with one attached hydrogen (secondary N) is 1. The minimum atomic E-state index is -0.870. The zero-order valence-electron chi connectivity index (χ0n) is 20.2. The summed E-state index contributed by atoms with van der Waals surface area (Å²) < 4.78 is 16.7. The van der Waals surface area contributed by atoms with Gasteiger partial charge in [-0.2, -0.15) is 0 Å². The number of fused-ring (bicyclic) bond motifs is 3. The molecule has 1 aromatic heterocycles. The van der Waals surface area contributed by atoms with Crippen LogP contribution in [-0.2, 0) is 16.0 Å². The van der Waals surface area contributed by atoms with Crippen LogP contribution >= 0.6 is 0 Å². The first kappa shape index (κ1) is 22.6. The Morgan fingerprint density at radius 3 is 2.75 bits per heavy atom. The van der Waals surface area contributed by atoms with E-state index in [1.54, 1.807) is 6.92 Å². The average molecular weight is 485 g/mol. The van der Waals surface area contributed by atoms with Crippen molar-refractivity contribution in [3.63, 3.8) is 0 Å². The molecule has 1 saturated carbocycles. The summed E-state index contributed by atoms with van der Waals surface area (Å²) in [4.78, 5) is 31.1. The summed E-state index contributed by atoms with van der Waals surface area (Å²) in [6, 6.07) is 13.6. The van der Waals surface area contributed by atoms with Crippen molar-refractivity contribution in [3.05, 3.63) is 64.8 Å². The van der Waals surface area contributed by atoms with Gasteiger partial charge in [-0.1, -0.05) is 37.1 Å². The lowest BCUT2D eigenvalue weighted by Gasteiger charge is -2.18. The van der Waals surface area contributed by atoms with E-state index in [1.165, 1.54) is 0 Å². The largest absolute Gasteiger partial charge is 0.454 e. The van der Waals surface area contributed by atoms with Crippen LogP contribution in [0.1, 0.15) is 66.2 Å². The summed E-state index contributed by atoms with van der Waals surface area (Å²) in [6.45, 7) is 1.87. The van der Waals surface area contributed by atoms with Crippen molar-refractivity contribution in [2.75, 3.05) is 6.79 Å². The summed E-state index contributed by atoms with van der Waals surface area (Å²) in [5, 5.41) is 3.76. The van der Waals surface area contributed by atoms with Crippen LogP contribution < -0.4 is 14.8 Å². The van der Waals surface area contributed by atoms with Crippen molar-refractivity contribution in [2.24, 2.45) is 0 Å². The molecule has 0 radical (unpaired) electrons. The van der Waals surface area contributed by atoms with E-state index in [9.17, 15) is 9.59 Å². The molecular weight excluding hydrogens is 456 g/mol. The van der Waals surface area contributed by atoms with E-state index in [0.29, 0.717) is 12.0 Å². The van der Waals surface area contributed by atoms with Crippen molar-refractivity contribution in [2.45, 2.75) is 57.6 Å². The summed E-state index contributed by atoms with van der Waals surface area (Å²) in [5.74, 6) is 0.740. The number of hydrogen-bond donors (Lipinski definition) is 1. The molecule has 1 aliphatic heterocycles. The second-order valence-electron chi connectivity index (χ2n) is 9.65. The topological polar surface area (TPSA) is 86.8 Å². The lowest BCUT2D eigenvalue weighted by atomic mass is 10.0. The van der Waals surface area contributed by atoms with E-state index >= 15 is 0 Å². The molecule has 1 atom stereocenters. The third-order valence-corrected chi connectivity index (χ3v) is 7.24. The standard InChI is InChI=1S/C29H28N2O5/c1-17(28(32)30-20-6-2-3-7-20)36-29(33)26-21-8-4-5-9-23(21)31-27-19(11-12-22(26)27)14-18-10-13-24-25(15-18)35-16-34-24/h4-5,8-10,13-15,17,20H,2-3,6-7,11-12,16H2,1H3,(H,30,32). The smallest absolute Gasteiger partial charge is 0.339 e. The number of benzene rings is 2. The van der Waals surface area contributed by atoms with Crippen LogP contribution in [0.2, 0.25) is 0 Å². The van der Waals surface area contributed by atoms with E-state index in [1.807, 2.05) is 42.5 Å². The monoisotopic (exact) mass is 484 g/mol. The number of rotatable bonds is 5. The van der Waals surface area contributed by atoms with E-state index in [0.717, 1.165) is 76.9 Å². The number of aromatic nitrogens is 1. The Balaban J connectivity index is 1.32. The first-order valence-electron chi connectivity index (χ1n) is 12.6. The fourth-order valence-corrected chi connectivity index (χ4v) is 5.38. The first-order chi connectivity index (χ1) is 17.6. The van der Waals surface area contributed by atoms with Crippen LogP contribution in [0.4, 0.5) is 0 Å². The van der Waals surface area contributed by atoms with Crippen LogP contribution in [-0.4, -0.2) is 35.8 Å². The Bertz CT molecular complexity index is 1390. The number of hydrogen-bond acceptors (Lipinski definition) is 6. The van der Waals surface area contributed by atoms with E-state index in [-0.39, 0.29) is 18.7 Å². The zero-order chi connectivity index (χ0) is 24.6. The van der Waals surface area contributed by atoms with Gasteiger partial charge in [0.15, 0.2) is 17.6 Å². The van der Waals surface area contributed by atoms with Gasteiger partial charge in [-0.05, 0) is 73.6 Å². The molecular formula is C29H28N2O5. The molecule has 36 heavy (non-hydrogen) atoms. The van der Waals surface area contributed by atoms with Gasteiger partial charge in [0.05, 0.1) is 16.8 Å². The Labute approximate surface area is 209 Å². The van der Waals surface area contributed by atoms with Gasteiger partial charge in [-0.3, -0.25) is 4.79 Å². The summed E-state index contributed by atoms with van der Waals surface area (Å²) in [7, 11) is 0. The van der Waals surface area contributed by atoms with E-state index in [4.69, 9.17) is 19.2 Å². The summed E-state index contributed by atoms with van der Waals surface area (Å²) >= 11 is 0. The van der Waals surface area contributed by atoms with Crippen LogP contribution in [0.3, 0.4) is 0 Å². The average Bonchev–Trinajstić information content (AvgIpc) is 3.64. The maximum atomic E-state index is 13.5. The lowest BCUT2D eigenvalue weighted by Crippen LogP contribution is -2.41. The zero-order valence-corrected chi connectivity index (χ0v) is 20.2. The van der Waals surface area contributed by atoms with Crippen LogP contribution in [0.15, 0.2) is 42.5 Å². The number of pyridine rings is 1. The molecule has 7 nitrogen and oxygen atoms in total. The van der Waals surface area contributed by atoms with Gasteiger partial charge >= 0.3 is 5.97 Å². The highest BCUT2D eigenvalue weighted by atomic mass is 16.7. The first-order valence-corrected chi connectivity index (χ1v) is 12.6. The fourth-order valence-electron chi connectivity index (χ4n) is 5.38. The highest BCUT2D eigenvalue weighted by Crippen LogP contribution is 2.39. The molecule has 3 aromatic rings. The third-order valence-electron chi connectivity index (χ3n) is 7.24. The molecule has 184 valence electrons. The number of ether oxygens (including phenoxy) is 3. The quantitative estimate of drug-likeness (QED) is 0.510. The molecule has 3 aliphatic rings. The number of amides is 1. The third kappa shape index (κ3) is 4.19. The summed E-state index contributed by atoms with van der Waals surface area (Å²) in [5.41, 5.74) is 4.94. The normalized spacial score (nSPS) is 18.4. The van der Waals surface area contributed by atoms with Gasteiger partial charge in [-0.25, -0.2) is 9.78 Å². The van der Waals surface area contributed by atoms with Crippen molar-refractivity contribution in [1.82, 2.24) is 10.3 Å². The minimum absolute atomic E-state index is 0.175. The highest BCUT2D eigenvalue weighted by molar-refractivity contribution is 6.07. The van der Waals surface area contributed by atoms with Crippen LogP contribution in [0.25, 0.3) is 22.6 Å². The predicted octanol–water partition coefficient (Wildman–Crippen LogP) is 5.05. The van der Waals surface area contributed by atoms with Crippen LogP contribution in [0, 0.1) is 0 Å². The van der Waals surface area contributed by atoms with Crippen molar-refractivity contribution in [1.29, 1.82) is 0 Å². The Kier molecular flexibility index (Phi) is 5.83. The van der Waals surface area contributed by atoms with E-state index in [2.05, 4.69) is 11.4 Å². The Hall–Kier alpha value is -3.87. The fraction of sp³-hybridized carbons (Fsp3) is 0.345. The second kappa shape index (κ2) is 9.30. The lowest BCUT2D eigenvalue weighted by molar-refractivity contribution is -0.129. The van der Waals surface area contributed by atoms with Gasteiger partial charge in [0.25, 0.3) is 5.91 Å². The number of para-hydroxylation sites is 1. The van der Waals surface area contributed by atoms with E-state index < -0.39 is 12.1 Å². The number of carbonyl (C=O) groups excluding carboxylic acids is 2. The predicted molar refractivity (Wildman–Crippen MR) is 136 cm³/mol. The van der Waals surface area contributed by atoms with Gasteiger partial charge in [0.1, 0.15) is 0 Å². The number of nitrogens with zero attached hydrogens (tertiary/aromatic N) is 1. The molecule has 2 heterocycles. The number of carbonyl (C=O) groups is 2. The Morgan fingerprint density at radius 1 is 1.08 bits per heavy atom. The van der Waals surface area contributed by atoms with Gasteiger partial charge in [0.2, 0.25) is 6.79 Å². The maximum Gasteiger partial charge on any atom is 0.339 e. The molecule has 2 aliphatic carbocycles.